The first-order chi connectivity index (χ1) is 11.4. The molecule has 1 aromatic heterocycles. The van der Waals surface area contributed by atoms with E-state index in [0.717, 1.165) is 25.7 Å². The van der Waals surface area contributed by atoms with Crippen molar-refractivity contribution in [2.45, 2.75) is 43.8 Å². The molecule has 1 heterocycles. The van der Waals surface area contributed by atoms with Crippen LogP contribution in [0.25, 0.3) is 0 Å². The van der Waals surface area contributed by atoms with Crippen LogP contribution in [0.5, 0.6) is 0 Å². The Hall–Kier alpha value is -1.34. The topological polar surface area (TPSA) is 72.4 Å². The van der Waals surface area contributed by atoms with Crippen LogP contribution in [0.4, 0.5) is 0 Å². The zero-order valence-electron chi connectivity index (χ0n) is 14.1. The third-order valence-electron chi connectivity index (χ3n) is 4.35. The third kappa shape index (κ3) is 4.83. The number of aromatic nitrogens is 2. The molecule has 0 radical (unpaired) electrons. The highest BCUT2D eigenvalue weighted by Crippen LogP contribution is 2.26. The Kier molecular flexibility index (Phi) is 6.86. The highest BCUT2D eigenvalue weighted by atomic mass is 35.5. The highest BCUT2D eigenvalue weighted by Gasteiger charge is 2.26. The normalized spacial score (nSPS) is 20.5. The van der Waals surface area contributed by atoms with Gasteiger partial charge in [-0.15, -0.1) is 0 Å². The Morgan fingerprint density at radius 2 is 2.04 bits per heavy atom. The molecule has 1 amide bonds. The third-order valence-corrected chi connectivity index (χ3v) is 5.19. The van der Waals surface area contributed by atoms with Gasteiger partial charge in [-0.05, 0) is 37.9 Å². The van der Waals surface area contributed by atoms with Crippen LogP contribution < -0.4 is 0 Å². The van der Waals surface area contributed by atoms with Crippen LogP contribution >= 0.6 is 23.4 Å². The molecule has 1 fully saturated rings. The van der Waals surface area contributed by atoms with Gasteiger partial charge in [0.2, 0.25) is 0 Å². The second-order valence-corrected chi connectivity index (χ2v) is 7.23. The largest absolute Gasteiger partial charge is 0.451 e. The van der Waals surface area contributed by atoms with Gasteiger partial charge in [0, 0.05) is 13.1 Å². The average molecular weight is 372 g/mol. The molecule has 1 aliphatic carbocycles. The van der Waals surface area contributed by atoms with Gasteiger partial charge in [0.15, 0.2) is 17.5 Å². The first kappa shape index (κ1) is 19.0. The fraction of sp³-hybridized carbons (Fsp3) is 0.625. The zero-order chi connectivity index (χ0) is 17.7. The molecule has 6 nitrogen and oxygen atoms in total. The molecule has 1 aromatic rings. The lowest BCUT2D eigenvalue weighted by Gasteiger charge is -2.33. The molecule has 132 valence electrons. The molecule has 0 unspecified atom stereocenters. The number of thioether (sulfide) groups is 1. The summed E-state index contributed by atoms with van der Waals surface area (Å²) in [6, 6.07) is 0.220. The van der Waals surface area contributed by atoms with E-state index in [1.54, 1.807) is 18.2 Å². The maximum atomic E-state index is 12.2. The van der Waals surface area contributed by atoms with Crippen molar-refractivity contribution in [2.75, 3.05) is 19.9 Å². The molecule has 0 bridgehead atoms. The number of ether oxygens (including phenoxy) is 1. The van der Waals surface area contributed by atoms with Crippen molar-refractivity contribution < 1.29 is 14.3 Å². The van der Waals surface area contributed by atoms with Gasteiger partial charge in [-0.1, -0.05) is 30.3 Å². The summed E-state index contributed by atoms with van der Waals surface area (Å²) >= 11 is 7.22. The average Bonchev–Trinajstić information content (AvgIpc) is 2.59. The molecule has 0 aromatic carbocycles. The van der Waals surface area contributed by atoms with Gasteiger partial charge in [-0.3, -0.25) is 4.79 Å². The maximum absolute atomic E-state index is 12.2. The minimum atomic E-state index is -0.711. The molecule has 0 atom stereocenters. The standard InChI is InChI=1S/C16H22ClN3O3S/c1-10-4-6-11(7-5-10)20(2)13(21)9-23-15(22)14-12(17)8-18-16(19-14)24-3/h8,10-11H,4-7,9H2,1-3H3. The van der Waals surface area contributed by atoms with Gasteiger partial charge < -0.3 is 9.64 Å². The number of hydrogen-bond donors (Lipinski definition) is 0. The lowest BCUT2D eigenvalue weighted by atomic mass is 9.87. The predicted octanol–water partition coefficient (Wildman–Crippen LogP) is 3.05. The lowest BCUT2D eigenvalue weighted by Crippen LogP contribution is -2.41. The second-order valence-electron chi connectivity index (χ2n) is 6.05. The summed E-state index contributed by atoms with van der Waals surface area (Å²) in [5.74, 6) is -0.206. The highest BCUT2D eigenvalue weighted by molar-refractivity contribution is 7.98. The van der Waals surface area contributed by atoms with E-state index in [9.17, 15) is 9.59 Å². The van der Waals surface area contributed by atoms with Crippen LogP contribution in [0, 0.1) is 5.92 Å². The summed E-state index contributed by atoms with van der Waals surface area (Å²) in [7, 11) is 1.76. The number of carbonyl (C=O) groups is 2. The summed E-state index contributed by atoms with van der Waals surface area (Å²) in [6.07, 6.45) is 7.38. The minimum Gasteiger partial charge on any atom is -0.451 e. The van der Waals surface area contributed by atoms with Gasteiger partial charge in [-0.2, -0.15) is 0 Å². The number of carbonyl (C=O) groups excluding carboxylic acids is 2. The molecule has 2 rings (SSSR count). The molecule has 8 heteroatoms. The Morgan fingerprint density at radius 3 is 2.67 bits per heavy atom. The number of rotatable bonds is 5. The van der Waals surface area contributed by atoms with E-state index in [1.807, 2.05) is 0 Å². The SMILES string of the molecule is CSc1ncc(Cl)c(C(=O)OCC(=O)N(C)C2CCC(C)CC2)n1. The smallest absolute Gasteiger partial charge is 0.359 e. The Labute approximate surface area is 151 Å². The van der Waals surface area contributed by atoms with E-state index >= 15 is 0 Å². The van der Waals surface area contributed by atoms with Crippen molar-refractivity contribution in [2.24, 2.45) is 5.92 Å². The Balaban J connectivity index is 1.90. The van der Waals surface area contributed by atoms with Gasteiger partial charge >= 0.3 is 5.97 Å². The molecule has 0 saturated heterocycles. The van der Waals surface area contributed by atoms with Crippen molar-refractivity contribution in [3.05, 3.63) is 16.9 Å². The summed E-state index contributed by atoms with van der Waals surface area (Å²) in [5, 5.41) is 0.533. The molecule has 1 saturated carbocycles. The molecular weight excluding hydrogens is 350 g/mol. The van der Waals surface area contributed by atoms with Gasteiger partial charge in [0.25, 0.3) is 5.91 Å². The number of nitrogens with zero attached hydrogens (tertiary/aromatic N) is 3. The summed E-state index contributed by atoms with van der Waals surface area (Å²) in [4.78, 5) is 34.0. The van der Waals surface area contributed by atoms with Gasteiger partial charge in [-0.25, -0.2) is 14.8 Å². The first-order valence-electron chi connectivity index (χ1n) is 7.91. The molecule has 1 aliphatic rings. The van der Waals surface area contributed by atoms with Crippen molar-refractivity contribution in [1.82, 2.24) is 14.9 Å². The van der Waals surface area contributed by atoms with Crippen molar-refractivity contribution >= 4 is 35.2 Å². The van der Waals surface area contributed by atoms with E-state index < -0.39 is 5.97 Å². The summed E-state index contributed by atoms with van der Waals surface area (Å²) < 4.78 is 5.09. The van der Waals surface area contributed by atoms with Crippen LogP contribution in [0.3, 0.4) is 0 Å². The Bertz CT molecular complexity index is 606. The van der Waals surface area contributed by atoms with E-state index in [1.165, 1.54) is 18.0 Å². The quantitative estimate of drug-likeness (QED) is 0.450. The first-order valence-corrected chi connectivity index (χ1v) is 9.52. The maximum Gasteiger partial charge on any atom is 0.359 e. The fourth-order valence-corrected chi connectivity index (χ4v) is 3.23. The predicted molar refractivity (Wildman–Crippen MR) is 93.3 cm³/mol. The van der Waals surface area contributed by atoms with Crippen LogP contribution in [0.2, 0.25) is 5.02 Å². The minimum absolute atomic E-state index is 0.0158. The van der Waals surface area contributed by atoms with Crippen LogP contribution in [-0.4, -0.2) is 52.7 Å². The zero-order valence-corrected chi connectivity index (χ0v) is 15.7. The molecule has 0 N–H and O–H groups in total. The van der Waals surface area contributed by atoms with Crippen molar-refractivity contribution in [3.63, 3.8) is 0 Å². The molecule has 0 aliphatic heterocycles. The van der Waals surface area contributed by atoms with E-state index in [4.69, 9.17) is 16.3 Å². The van der Waals surface area contributed by atoms with Gasteiger partial charge in [0.1, 0.15) is 0 Å². The lowest BCUT2D eigenvalue weighted by molar-refractivity contribution is -0.136. The number of hydrogen-bond acceptors (Lipinski definition) is 6. The number of halogens is 1. The van der Waals surface area contributed by atoms with Crippen LogP contribution in [0.15, 0.2) is 11.4 Å². The summed E-state index contributed by atoms with van der Waals surface area (Å²) in [5.41, 5.74) is -0.0158. The van der Waals surface area contributed by atoms with Gasteiger partial charge in [0.05, 0.1) is 11.2 Å². The monoisotopic (exact) mass is 371 g/mol. The number of amides is 1. The molecule has 0 spiro atoms. The summed E-state index contributed by atoms with van der Waals surface area (Å²) in [6.45, 7) is 1.92. The van der Waals surface area contributed by atoms with Crippen molar-refractivity contribution in [1.29, 1.82) is 0 Å². The molecule has 24 heavy (non-hydrogen) atoms. The fourth-order valence-electron chi connectivity index (χ4n) is 2.72. The van der Waals surface area contributed by atoms with E-state index in [-0.39, 0.29) is 29.3 Å². The van der Waals surface area contributed by atoms with Crippen LogP contribution in [0.1, 0.15) is 43.1 Å². The van der Waals surface area contributed by atoms with E-state index in [2.05, 4.69) is 16.9 Å². The van der Waals surface area contributed by atoms with Crippen LogP contribution in [-0.2, 0) is 9.53 Å². The van der Waals surface area contributed by atoms with Crippen molar-refractivity contribution in [3.8, 4) is 0 Å². The second kappa shape index (κ2) is 8.67. The number of esters is 1. The van der Waals surface area contributed by atoms with E-state index in [0.29, 0.717) is 11.1 Å². The number of likely N-dealkylation sites (N-methyl/N-ethyl adjacent to an activating group) is 1. The molecular formula is C16H22ClN3O3S. The Morgan fingerprint density at radius 1 is 1.38 bits per heavy atom.